The van der Waals surface area contributed by atoms with Gasteiger partial charge in [-0.05, 0) is 24.5 Å². The van der Waals surface area contributed by atoms with Crippen LogP contribution in [0, 0.1) is 0 Å². The second-order valence-corrected chi connectivity index (χ2v) is 9.71. The van der Waals surface area contributed by atoms with Crippen molar-refractivity contribution in [1.29, 1.82) is 0 Å². The van der Waals surface area contributed by atoms with E-state index in [2.05, 4.69) is 56.1 Å². The van der Waals surface area contributed by atoms with Gasteiger partial charge in [-0.25, -0.2) is 0 Å². The Bertz CT molecular complexity index is 669. The van der Waals surface area contributed by atoms with Gasteiger partial charge in [-0.3, -0.25) is 4.99 Å². The Kier molecular flexibility index (Phi) is 8.80. The van der Waals surface area contributed by atoms with Gasteiger partial charge in [0, 0.05) is 56.0 Å². The first-order valence-corrected chi connectivity index (χ1v) is 11.8. The topological polar surface area (TPSA) is 40.1 Å². The summed E-state index contributed by atoms with van der Waals surface area (Å²) in [6.45, 7) is 6.62. The van der Waals surface area contributed by atoms with Gasteiger partial charge in [0.05, 0.1) is 13.2 Å². The zero-order chi connectivity index (χ0) is 19.2. The Hall–Kier alpha value is -0.670. The number of nitrogens with zero attached hydrogens (tertiary/aromatic N) is 3. The molecule has 29 heavy (non-hydrogen) atoms. The molecule has 0 bridgehead atoms. The van der Waals surface area contributed by atoms with Crippen LogP contribution in [-0.4, -0.2) is 67.8 Å². The molecule has 1 spiro atoms. The summed E-state index contributed by atoms with van der Waals surface area (Å²) in [4.78, 5) is 9.58. The van der Waals surface area contributed by atoms with E-state index < -0.39 is 0 Å². The highest BCUT2D eigenvalue weighted by molar-refractivity contribution is 14.0. The lowest BCUT2D eigenvalue weighted by molar-refractivity contribution is 0.122. The van der Waals surface area contributed by atoms with Crippen LogP contribution in [0.5, 0.6) is 0 Å². The summed E-state index contributed by atoms with van der Waals surface area (Å²) < 4.78 is 5.98. The molecule has 1 aliphatic carbocycles. The molecule has 4 rings (SSSR count). The third kappa shape index (κ3) is 5.73. The molecule has 0 radical (unpaired) electrons. The average Bonchev–Trinajstić information content (AvgIpc) is 2.76. The second-order valence-electron chi connectivity index (χ2n) is 8.14. The number of ether oxygens (including phenoxy) is 1. The molecule has 2 saturated heterocycles. The standard InChI is InChI=1S/C22H34N4OS.HI/c1-23-21(26-13-16-28-22(18-26)9-5-2-6-10-22)24-17-19-7-3-4-8-20(19)25-11-14-27-15-12-25;/h3-4,7-8H,2,5-6,9-18H2,1H3,(H,23,24);1H. The zero-order valence-corrected chi connectivity index (χ0v) is 20.7. The summed E-state index contributed by atoms with van der Waals surface area (Å²) >= 11 is 2.21. The Morgan fingerprint density at radius 2 is 1.90 bits per heavy atom. The predicted molar refractivity (Wildman–Crippen MR) is 135 cm³/mol. The highest BCUT2D eigenvalue weighted by atomic mass is 127. The highest BCUT2D eigenvalue weighted by Crippen LogP contribution is 2.42. The van der Waals surface area contributed by atoms with E-state index >= 15 is 0 Å². The van der Waals surface area contributed by atoms with Crippen LogP contribution in [0.4, 0.5) is 5.69 Å². The number of rotatable bonds is 3. The number of benzene rings is 1. The molecular weight excluding hydrogens is 495 g/mol. The fourth-order valence-electron chi connectivity index (χ4n) is 4.80. The van der Waals surface area contributed by atoms with Crippen molar-refractivity contribution in [2.45, 2.75) is 43.4 Å². The number of anilines is 1. The number of nitrogens with one attached hydrogen (secondary N) is 1. The van der Waals surface area contributed by atoms with E-state index in [0.29, 0.717) is 4.75 Å². The minimum Gasteiger partial charge on any atom is -0.378 e. The molecule has 0 unspecified atom stereocenters. The molecule has 0 aromatic heterocycles. The van der Waals surface area contributed by atoms with Crippen LogP contribution in [0.25, 0.3) is 0 Å². The minimum atomic E-state index is 0. The van der Waals surface area contributed by atoms with Gasteiger partial charge in [-0.1, -0.05) is 37.5 Å². The molecule has 1 aromatic carbocycles. The lowest BCUT2D eigenvalue weighted by Crippen LogP contribution is -2.53. The maximum absolute atomic E-state index is 5.53. The average molecular weight is 531 g/mol. The van der Waals surface area contributed by atoms with Gasteiger partial charge in [0.25, 0.3) is 0 Å². The van der Waals surface area contributed by atoms with E-state index in [0.717, 1.165) is 51.9 Å². The number of hydrogen-bond acceptors (Lipinski definition) is 4. The maximum atomic E-state index is 5.53. The fraction of sp³-hybridized carbons (Fsp3) is 0.682. The van der Waals surface area contributed by atoms with Crippen LogP contribution in [0.3, 0.4) is 0 Å². The lowest BCUT2D eigenvalue weighted by Gasteiger charge is -2.45. The van der Waals surface area contributed by atoms with Gasteiger partial charge >= 0.3 is 0 Å². The summed E-state index contributed by atoms with van der Waals surface area (Å²) in [5.74, 6) is 2.27. The second kappa shape index (κ2) is 11.1. The van der Waals surface area contributed by atoms with Crippen LogP contribution in [0.1, 0.15) is 37.7 Å². The zero-order valence-electron chi connectivity index (χ0n) is 17.6. The van der Waals surface area contributed by atoms with Crippen molar-refractivity contribution in [3.05, 3.63) is 29.8 Å². The molecule has 1 N–H and O–H groups in total. The first kappa shape index (κ1) is 23.0. The highest BCUT2D eigenvalue weighted by Gasteiger charge is 2.38. The van der Waals surface area contributed by atoms with Crippen LogP contribution < -0.4 is 10.2 Å². The summed E-state index contributed by atoms with van der Waals surface area (Å²) in [7, 11) is 1.92. The van der Waals surface area contributed by atoms with E-state index in [-0.39, 0.29) is 24.0 Å². The van der Waals surface area contributed by atoms with Crippen molar-refractivity contribution in [2.24, 2.45) is 4.99 Å². The SMILES string of the molecule is CN=C(NCc1ccccc1N1CCOCC1)N1CCSC2(CCCCC2)C1.I. The Morgan fingerprint density at radius 3 is 2.66 bits per heavy atom. The monoisotopic (exact) mass is 530 g/mol. The van der Waals surface area contributed by atoms with E-state index in [9.17, 15) is 0 Å². The summed E-state index contributed by atoms with van der Waals surface area (Å²) in [5.41, 5.74) is 2.66. The number of hydrogen-bond donors (Lipinski definition) is 1. The van der Waals surface area contributed by atoms with E-state index in [1.165, 1.54) is 49.1 Å². The van der Waals surface area contributed by atoms with Crippen LogP contribution in [-0.2, 0) is 11.3 Å². The molecule has 2 aliphatic heterocycles. The molecule has 3 aliphatic rings. The number of halogens is 1. The predicted octanol–water partition coefficient (Wildman–Crippen LogP) is 3.97. The molecule has 162 valence electrons. The third-order valence-corrected chi connectivity index (χ3v) is 7.84. The first-order valence-electron chi connectivity index (χ1n) is 10.8. The third-order valence-electron chi connectivity index (χ3n) is 6.30. The largest absolute Gasteiger partial charge is 0.378 e. The van der Waals surface area contributed by atoms with Crippen molar-refractivity contribution in [3.63, 3.8) is 0 Å². The van der Waals surface area contributed by atoms with E-state index in [4.69, 9.17) is 4.74 Å². The van der Waals surface area contributed by atoms with Gasteiger partial charge in [-0.2, -0.15) is 11.8 Å². The molecule has 0 amide bonds. The van der Waals surface area contributed by atoms with Gasteiger partial charge in [-0.15, -0.1) is 24.0 Å². The Morgan fingerprint density at radius 1 is 1.14 bits per heavy atom. The molecule has 1 aromatic rings. The molecule has 1 saturated carbocycles. The molecule has 7 heteroatoms. The van der Waals surface area contributed by atoms with Crippen molar-refractivity contribution in [3.8, 4) is 0 Å². The van der Waals surface area contributed by atoms with Crippen molar-refractivity contribution in [2.75, 3.05) is 57.1 Å². The Balaban J connectivity index is 0.00000240. The van der Waals surface area contributed by atoms with Crippen LogP contribution in [0.15, 0.2) is 29.3 Å². The van der Waals surface area contributed by atoms with Gasteiger partial charge < -0.3 is 19.9 Å². The van der Waals surface area contributed by atoms with Gasteiger partial charge in [0.15, 0.2) is 5.96 Å². The Labute approximate surface area is 197 Å². The normalized spacial score (nSPS) is 22.3. The molecule has 0 atom stereocenters. The summed E-state index contributed by atoms with van der Waals surface area (Å²) in [6, 6.07) is 8.75. The summed E-state index contributed by atoms with van der Waals surface area (Å²) in [6.07, 6.45) is 6.92. The van der Waals surface area contributed by atoms with E-state index in [1.54, 1.807) is 0 Å². The van der Waals surface area contributed by atoms with Crippen molar-refractivity contribution < 1.29 is 4.74 Å². The first-order chi connectivity index (χ1) is 13.8. The lowest BCUT2D eigenvalue weighted by atomic mass is 9.87. The van der Waals surface area contributed by atoms with Crippen molar-refractivity contribution in [1.82, 2.24) is 10.2 Å². The molecule has 2 heterocycles. The van der Waals surface area contributed by atoms with Crippen LogP contribution >= 0.6 is 35.7 Å². The number of thioether (sulfide) groups is 1. The van der Waals surface area contributed by atoms with Crippen LogP contribution in [0.2, 0.25) is 0 Å². The number of aliphatic imine (C=N–C) groups is 1. The van der Waals surface area contributed by atoms with Crippen molar-refractivity contribution >= 4 is 47.4 Å². The molecule has 5 nitrogen and oxygen atoms in total. The maximum Gasteiger partial charge on any atom is 0.193 e. The van der Waals surface area contributed by atoms with Gasteiger partial charge in [0.1, 0.15) is 0 Å². The number of guanidine groups is 1. The quantitative estimate of drug-likeness (QED) is 0.364. The molecular formula is C22H35IN4OS. The smallest absolute Gasteiger partial charge is 0.193 e. The minimum absolute atomic E-state index is 0. The number of morpholine rings is 1. The molecule has 3 fully saturated rings. The van der Waals surface area contributed by atoms with E-state index in [1.807, 2.05) is 7.05 Å². The number of para-hydroxylation sites is 1. The summed E-state index contributed by atoms with van der Waals surface area (Å²) in [5, 5.41) is 3.67. The van der Waals surface area contributed by atoms with Gasteiger partial charge in [0.2, 0.25) is 0 Å². The fourth-order valence-corrected chi connectivity index (χ4v) is 6.37.